The minimum atomic E-state index is -0.564. The summed E-state index contributed by atoms with van der Waals surface area (Å²) in [4.78, 5) is 32.7. The van der Waals surface area contributed by atoms with E-state index in [0.717, 1.165) is 11.8 Å². The molecule has 0 atom stereocenters. The highest BCUT2D eigenvalue weighted by atomic mass is 35.5. The fourth-order valence-electron chi connectivity index (χ4n) is 2.38. The van der Waals surface area contributed by atoms with Crippen LogP contribution in [0.4, 0.5) is 10.1 Å². The summed E-state index contributed by atoms with van der Waals surface area (Å²) >= 11 is 6.80. The monoisotopic (exact) mass is 404 g/mol. The van der Waals surface area contributed by atoms with Crippen LogP contribution in [0.5, 0.6) is 0 Å². The molecular formula is C18H14ClFN4O2S. The highest BCUT2D eigenvalue weighted by Gasteiger charge is 2.13. The Morgan fingerprint density at radius 2 is 2.22 bits per heavy atom. The van der Waals surface area contributed by atoms with Gasteiger partial charge in [0.05, 0.1) is 16.2 Å². The number of halogens is 2. The quantitative estimate of drug-likeness (QED) is 0.386. The Bertz CT molecular complexity index is 1090. The van der Waals surface area contributed by atoms with Crippen LogP contribution in [0.3, 0.4) is 0 Å². The number of nitrogens with zero attached hydrogens (tertiary/aromatic N) is 3. The molecule has 2 aromatic heterocycles. The van der Waals surface area contributed by atoms with Gasteiger partial charge in [-0.3, -0.25) is 9.59 Å². The topological polar surface area (TPSA) is 76.9 Å². The van der Waals surface area contributed by atoms with Gasteiger partial charge in [0.25, 0.3) is 5.56 Å². The van der Waals surface area contributed by atoms with Crippen LogP contribution in [0, 0.1) is 5.82 Å². The van der Waals surface area contributed by atoms with Gasteiger partial charge in [-0.15, -0.1) is 6.58 Å². The summed E-state index contributed by atoms with van der Waals surface area (Å²) < 4.78 is 14.9. The smallest absolute Gasteiger partial charge is 0.283 e. The highest BCUT2D eigenvalue weighted by molar-refractivity contribution is 7.99. The largest absolute Gasteiger partial charge is 0.325 e. The van der Waals surface area contributed by atoms with Gasteiger partial charge in [-0.1, -0.05) is 29.4 Å². The first-order valence-electron chi connectivity index (χ1n) is 7.83. The number of hydrogen-bond donors (Lipinski definition) is 1. The van der Waals surface area contributed by atoms with Crippen LogP contribution in [-0.4, -0.2) is 26.2 Å². The van der Waals surface area contributed by atoms with Crippen LogP contribution >= 0.6 is 23.4 Å². The molecular weight excluding hydrogens is 391 g/mol. The number of anilines is 1. The number of benzene rings is 1. The van der Waals surface area contributed by atoms with Crippen molar-refractivity contribution in [2.45, 2.75) is 11.7 Å². The van der Waals surface area contributed by atoms with Crippen molar-refractivity contribution < 1.29 is 9.18 Å². The van der Waals surface area contributed by atoms with E-state index in [1.165, 1.54) is 18.2 Å². The van der Waals surface area contributed by atoms with Gasteiger partial charge in [-0.05, 0) is 30.3 Å². The lowest BCUT2D eigenvalue weighted by Crippen LogP contribution is -2.19. The molecule has 0 saturated carbocycles. The van der Waals surface area contributed by atoms with Crippen LogP contribution in [0.2, 0.25) is 5.02 Å². The van der Waals surface area contributed by atoms with Gasteiger partial charge >= 0.3 is 0 Å². The number of amides is 1. The summed E-state index contributed by atoms with van der Waals surface area (Å²) in [5.41, 5.74) is 0.445. The van der Waals surface area contributed by atoms with Crippen LogP contribution in [0.1, 0.15) is 0 Å². The number of allylic oxidation sites excluding steroid dienone is 1. The number of fused-ring (bicyclic) bond motifs is 1. The molecule has 0 saturated heterocycles. The molecule has 1 amide bonds. The van der Waals surface area contributed by atoms with Crippen molar-refractivity contribution in [3.63, 3.8) is 0 Å². The maximum absolute atomic E-state index is 13.2. The third kappa shape index (κ3) is 4.35. The lowest BCUT2D eigenvalue weighted by Gasteiger charge is -2.12. The van der Waals surface area contributed by atoms with Crippen molar-refractivity contribution in [3.05, 3.63) is 70.4 Å². The van der Waals surface area contributed by atoms with Crippen molar-refractivity contribution in [2.75, 3.05) is 11.1 Å². The Morgan fingerprint density at radius 3 is 2.96 bits per heavy atom. The fraction of sp³-hybridized carbons (Fsp3) is 0.111. The van der Waals surface area contributed by atoms with E-state index < -0.39 is 11.4 Å². The second-order valence-corrected chi connectivity index (χ2v) is 6.79. The van der Waals surface area contributed by atoms with Gasteiger partial charge in [-0.25, -0.2) is 9.37 Å². The van der Waals surface area contributed by atoms with Crippen molar-refractivity contribution in [1.82, 2.24) is 14.5 Å². The van der Waals surface area contributed by atoms with E-state index in [0.29, 0.717) is 28.4 Å². The fourth-order valence-corrected chi connectivity index (χ4v) is 3.36. The van der Waals surface area contributed by atoms with E-state index in [2.05, 4.69) is 21.9 Å². The Balaban J connectivity index is 1.80. The van der Waals surface area contributed by atoms with Crippen LogP contribution in [0.25, 0.3) is 11.0 Å². The molecule has 0 spiro atoms. The molecule has 0 aliphatic heterocycles. The van der Waals surface area contributed by atoms with Gasteiger partial charge in [0, 0.05) is 18.4 Å². The predicted molar refractivity (Wildman–Crippen MR) is 105 cm³/mol. The number of pyridine rings is 1. The molecule has 1 N–H and O–H groups in total. The first-order chi connectivity index (χ1) is 13.0. The number of thioether (sulfide) groups is 1. The summed E-state index contributed by atoms with van der Waals surface area (Å²) in [7, 11) is 0. The molecule has 6 nitrogen and oxygen atoms in total. The average molecular weight is 405 g/mol. The molecule has 0 unspecified atom stereocenters. The normalized spacial score (nSPS) is 10.7. The number of carbonyl (C=O) groups is 1. The van der Waals surface area contributed by atoms with E-state index >= 15 is 0 Å². The maximum Gasteiger partial charge on any atom is 0.283 e. The molecule has 2 heterocycles. The number of hydrogen-bond acceptors (Lipinski definition) is 5. The number of carbonyl (C=O) groups excluding carboxylic acids is 1. The molecule has 0 aliphatic rings. The molecule has 3 rings (SSSR count). The number of nitrogens with one attached hydrogen (secondary N) is 1. The SMILES string of the molecule is C=CCn1c(SCC(=O)Nc2ccc(F)c(Cl)c2)nc(=O)c2cccnc21. The predicted octanol–water partition coefficient (Wildman–Crippen LogP) is 3.50. The molecule has 1 aromatic carbocycles. The van der Waals surface area contributed by atoms with E-state index in [4.69, 9.17) is 11.6 Å². The van der Waals surface area contributed by atoms with Crippen LogP contribution < -0.4 is 10.9 Å². The molecule has 138 valence electrons. The molecule has 0 fully saturated rings. The van der Waals surface area contributed by atoms with E-state index in [-0.39, 0.29) is 16.7 Å². The van der Waals surface area contributed by atoms with Crippen molar-refractivity contribution in [1.29, 1.82) is 0 Å². The third-order valence-corrected chi connectivity index (χ3v) is 4.81. The van der Waals surface area contributed by atoms with Gasteiger partial charge < -0.3 is 9.88 Å². The first-order valence-corrected chi connectivity index (χ1v) is 9.20. The standard InChI is InChI=1S/C18H14ClFN4O2S/c1-2-8-24-16-12(4-3-7-21-16)17(26)23-18(24)27-10-15(25)22-11-5-6-14(20)13(19)9-11/h2-7,9H,1,8,10H2,(H,22,25). The van der Waals surface area contributed by atoms with Crippen molar-refractivity contribution in [2.24, 2.45) is 0 Å². The lowest BCUT2D eigenvalue weighted by molar-refractivity contribution is -0.113. The molecule has 0 radical (unpaired) electrons. The first kappa shape index (κ1) is 19.1. The Morgan fingerprint density at radius 1 is 1.41 bits per heavy atom. The molecule has 0 bridgehead atoms. The molecule has 3 aromatic rings. The van der Waals surface area contributed by atoms with E-state index in [9.17, 15) is 14.0 Å². The van der Waals surface area contributed by atoms with Crippen molar-refractivity contribution >= 4 is 46.0 Å². The number of aromatic nitrogens is 3. The van der Waals surface area contributed by atoms with Crippen molar-refractivity contribution in [3.8, 4) is 0 Å². The average Bonchev–Trinajstić information content (AvgIpc) is 2.66. The van der Waals surface area contributed by atoms with E-state index in [1.54, 1.807) is 29.0 Å². The van der Waals surface area contributed by atoms with Gasteiger partial charge in [0.2, 0.25) is 5.91 Å². The van der Waals surface area contributed by atoms with E-state index in [1.807, 2.05) is 0 Å². The summed E-state index contributed by atoms with van der Waals surface area (Å²) in [6.45, 7) is 4.09. The summed E-state index contributed by atoms with van der Waals surface area (Å²) in [6, 6.07) is 7.22. The minimum Gasteiger partial charge on any atom is -0.325 e. The zero-order valence-electron chi connectivity index (χ0n) is 14.0. The van der Waals surface area contributed by atoms with Gasteiger partial charge in [-0.2, -0.15) is 4.98 Å². The number of rotatable bonds is 6. The second kappa shape index (κ2) is 8.32. The molecule has 0 aliphatic carbocycles. The maximum atomic E-state index is 13.2. The summed E-state index contributed by atoms with van der Waals surface area (Å²) in [6.07, 6.45) is 3.24. The molecule has 27 heavy (non-hydrogen) atoms. The lowest BCUT2D eigenvalue weighted by atomic mass is 10.3. The minimum absolute atomic E-state index is 0.00306. The summed E-state index contributed by atoms with van der Waals surface area (Å²) in [5.74, 6) is -0.912. The Kier molecular flexibility index (Phi) is 5.88. The zero-order valence-corrected chi connectivity index (χ0v) is 15.6. The third-order valence-electron chi connectivity index (χ3n) is 3.55. The highest BCUT2D eigenvalue weighted by Crippen LogP contribution is 2.21. The second-order valence-electron chi connectivity index (χ2n) is 5.44. The zero-order chi connectivity index (χ0) is 19.4. The Hall–Kier alpha value is -2.71. The Labute approximate surface area is 163 Å². The van der Waals surface area contributed by atoms with Gasteiger partial charge in [0.1, 0.15) is 11.5 Å². The van der Waals surface area contributed by atoms with Crippen LogP contribution in [-0.2, 0) is 11.3 Å². The summed E-state index contributed by atoms with van der Waals surface area (Å²) in [5, 5.41) is 3.30. The molecule has 9 heteroatoms. The van der Waals surface area contributed by atoms with Crippen LogP contribution in [0.15, 0.2) is 59.1 Å². The van der Waals surface area contributed by atoms with Gasteiger partial charge in [0.15, 0.2) is 5.16 Å².